The molecule has 26 heavy (non-hydrogen) atoms. The van der Waals surface area contributed by atoms with Crippen LogP contribution < -0.4 is 10.6 Å². The summed E-state index contributed by atoms with van der Waals surface area (Å²) in [6, 6.07) is 15.8. The van der Waals surface area contributed by atoms with E-state index in [0.29, 0.717) is 12.5 Å². The molecule has 1 aliphatic rings. The van der Waals surface area contributed by atoms with Crippen molar-refractivity contribution in [1.29, 1.82) is 0 Å². The number of rotatable bonds is 6. The van der Waals surface area contributed by atoms with Gasteiger partial charge in [0.05, 0.1) is 12.5 Å². The van der Waals surface area contributed by atoms with E-state index in [1.165, 1.54) is 0 Å². The second-order valence-corrected chi connectivity index (χ2v) is 6.68. The number of fused-ring (bicyclic) bond motifs is 1. The summed E-state index contributed by atoms with van der Waals surface area (Å²) in [4.78, 5) is 15.6. The van der Waals surface area contributed by atoms with Crippen molar-refractivity contribution in [3.05, 3.63) is 60.3 Å². The van der Waals surface area contributed by atoms with Gasteiger partial charge in [-0.05, 0) is 48.7 Å². The van der Waals surface area contributed by atoms with Gasteiger partial charge in [0.1, 0.15) is 0 Å². The van der Waals surface area contributed by atoms with E-state index in [1.54, 1.807) is 0 Å². The molecule has 0 radical (unpaired) electrons. The Morgan fingerprint density at radius 1 is 1.12 bits per heavy atom. The Morgan fingerprint density at radius 2 is 1.92 bits per heavy atom. The van der Waals surface area contributed by atoms with Gasteiger partial charge in [-0.2, -0.15) is 0 Å². The molecule has 0 aliphatic carbocycles. The second kappa shape index (κ2) is 7.62. The van der Waals surface area contributed by atoms with E-state index in [0.717, 1.165) is 53.8 Å². The maximum atomic E-state index is 12.4. The smallest absolute Gasteiger partial charge is 0.228 e. The van der Waals surface area contributed by atoms with Gasteiger partial charge in [0.15, 0.2) is 0 Å². The Balaban J connectivity index is 1.32. The number of H-pyrrole nitrogens is 1. The van der Waals surface area contributed by atoms with E-state index < -0.39 is 0 Å². The van der Waals surface area contributed by atoms with Gasteiger partial charge < -0.3 is 20.4 Å². The fraction of sp³-hybridized carbons (Fsp3) is 0.286. The van der Waals surface area contributed by atoms with Crippen LogP contribution in [0.5, 0.6) is 0 Å². The number of benzene rings is 2. The van der Waals surface area contributed by atoms with Crippen LogP contribution >= 0.6 is 0 Å². The Hall–Kier alpha value is -2.79. The van der Waals surface area contributed by atoms with Crippen molar-refractivity contribution in [2.24, 2.45) is 0 Å². The summed E-state index contributed by atoms with van der Waals surface area (Å²) in [6.07, 6.45) is 4.83. The number of ether oxygens (including phenoxy) is 1. The van der Waals surface area contributed by atoms with Crippen molar-refractivity contribution in [3.8, 4) is 0 Å². The van der Waals surface area contributed by atoms with Crippen LogP contribution in [-0.4, -0.2) is 30.1 Å². The van der Waals surface area contributed by atoms with E-state index in [1.807, 2.05) is 54.7 Å². The lowest BCUT2D eigenvalue weighted by molar-refractivity contribution is -0.115. The standard InChI is InChI=1S/C21H23N3O2/c25-21(12-15-13-23-20-6-2-1-5-19(15)20)24-17-9-7-16(8-10-17)22-14-18-4-3-11-26-18/h1-2,5-10,13,18,22-23H,3-4,11-12,14H2,(H,24,25). The summed E-state index contributed by atoms with van der Waals surface area (Å²) in [5, 5.41) is 7.44. The molecule has 0 saturated carbocycles. The molecule has 1 amide bonds. The third kappa shape index (κ3) is 3.89. The highest BCUT2D eigenvalue weighted by Crippen LogP contribution is 2.20. The van der Waals surface area contributed by atoms with Crippen molar-refractivity contribution in [3.63, 3.8) is 0 Å². The minimum Gasteiger partial charge on any atom is -0.382 e. The predicted molar refractivity (Wildman–Crippen MR) is 105 cm³/mol. The maximum absolute atomic E-state index is 12.4. The van der Waals surface area contributed by atoms with E-state index in [9.17, 15) is 4.79 Å². The Bertz CT molecular complexity index is 880. The van der Waals surface area contributed by atoms with Crippen molar-refractivity contribution in [2.45, 2.75) is 25.4 Å². The lowest BCUT2D eigenvalue weighted by Gasteiger charge is -2.12. The molecule has 2 aromatic carbocycles. The number of hydrogen-bond acceptors (Lipinski definition) is 3. The minimum atomic E-state index is -0.0187. The van der Waals surface area contributed by atoms with Gasteiger partial charge >= 0.3 is 0 Å². The minimum absolute atomic E-state index is 0.0187. The van der Waals surface area contributed by atoms with Gasteiger partial charge in [-0.15, -0.1) is 0 Å². The molecule has 1 unspecified atom stereocenters. The molecule has 3 aromatic rings. The number of carbonyl (C=O) groups is 1. The first kappa shape index (κ1) is 16.7. The molecular formula is C21H23N3O2. The molecule has 0 spiro atoms. The summed E-state index contributed by atoms with van der Waals surface area (Å²) in [5.41, 5.74) is 3.90. The van der Waals surface area contributed by atoms with Gasteiger partial charge in [-0.25, -0.2) is 0 Å². The molecule has 134 valence electrons. The summed E-state index contributed by atoms with van der Waals surface area (Å²) < 4.78 is 5.61. The molecule has 1 fully saturated rings. The molecule has 1 aromatic heterocycles. The second-order valence-electron chi connectivity index (χ2n) is 6.68. The zero-order valence-electron chi connectivity index (χ0n) is 14.6. The molecule has 3 N–H and O–H groups in total. The van der Waals surface area contributed by atoms with E-state index >= 15 is 0 Å². The van der Waals surface area contributed by atoms with Crippen LogP contribution in [0.2, 0.25) is 0 Å². The fourth-order valence-corrected chi connectivity index (χ4v) is 3.36. The van der Waals surface area contributed by atoms with Crippen molar-refractivity contribution in [2.75, 3.05) is 23.8 Å². The average Bonchev–Trinajstić information content (AvgIpc) is 3.32. The Kier molecular flexibility index (Phi) is 4.88. The van der Waals surface area contributed by atoms with Crippen molar-refractivity contribution >= 4 is 28.2 Å². The summed E-state index contributed by atoms with van der Waals surface area (Å²) in [6.45, 7) is 1.69. The highest BCUT2D eigenvalue weighted by molar-refractivity contribution is 5.95. The molecule has 4 rings (SSSR count). The number of para-hydroxylation sites is 1. The maximum Gasteiger partial charge on any atom is 0.228 e. The number of nitrogens with one attached hydrogen (secondary N) is 3. The van der Waals surface area contributed by atoms with Crippen molar-refractivity contribution in [1.82, 2.24) is 4.98 Å². The lowest BCUT2D eigenvalue weighted by Crippen LogP contribution is -2.18. The first-order chi connectivity index (χ1) is 12.8. The summed E-state index contributed by atoms with van der Waals surface area (Å²) in [5.74, 6) is -0.0187. The Labute approximate surface area is 152 Å². The number of amides is 1. The molecule has 1 aliphatic heterocycles. The van der Waals surface area contributed by atoms with E-state index in [2.05, 4.69) is 15.6 Å². The van der Waals surface area contributed by atoms with Crippen LogP contribution in [-0.2, 0) is 16.0 Å². The number of anilines is 2. The zero-order valence-corrected chi connectivity index (χ0v) is 14.6. The zero-order chi connectivity index (χ0) is 17.8. The van der Waals surface area contributed by atoms with E-state index in [-0.39, 0.29) is 5.91 Å². The normalized spacial score (nSPS) is 16.7. The number of aromatic nitrogens is 1. The highest BCUT2D eigenvalue weighted by atomic mass is 16.5. The third-order valence-electron chi connectivity index (χ3n) is 4.75. The van der Waals surface area contributed by atoms with Crippen LogP contribution in [0, 0.1) is 0 Å². The molecule has 2 heterocycles. The largest absolute Gasteiger partial charge is 0.382 e. The first-order valence-corrected chi connectivity index (χ1v) is 9.08. The van der Waals surface area contributed by atoms with Gasteiger partial charge in [0.2, 0.25) is 5.91 Å². The van der Waals surface area contributed by atoms with Crippen LogP contribution in [0.4, 0.5) is 11.4 Å². The molecule has 0 bridgehead atoms. The highest BCUT2D eigenvalue weighted by Gasteiger charge is 2.14. The molecule has 1 atom stereocenters. The quantitative estimate of drug-likeness (QED) is 0.631. The van der Waals surface area contributed by atoms with Gasteiger partial charge in [-0.1, -0.05) is 18.2 Å². The average molecular weight is 349 g/mol. The fourth-order valence-electron chi connectivity index (χ4n) is 3.36. The van der Waals surface area contributed by atoms with Gasteiger partial charge in [-0.3, -0.25) is 4.79 Å². The first-order valence-electron chi connectivity index (χ1n) is 9.08. The summed E-state index contributed by atoms with van der Waals surface area (Å²) >= 11 is 0. The van der Waals surface area contributed by atoms with Gasteiger partial charge in [0.25, 0.3) is 0 Å². The topological polar surface area (TPSA) is 66.2 Å². The number of aromatic amines is 1. The summed E-state index contributed by atoms with van der Waals surface area (Å²) in [7, 11) is 0. The number of hydrogen-bond donors (Lipinski definition) is 3. The van der Waals surface area contributed by atoms with E-state index in [4.69, 9.17) is 4.74 Å². The molecule has 5 nitrogen and oxygen atoms in total. The van der Waals surface area contributed by atoms with Crippen LogP contribution in [0.15, 0.2) is 54.7 Å². The third-order valence-corrected chi connectivity index (χ3v) is 4.75. The SMILES string of the molecule is O=C(Cc1c[nH]c2ccccc12)Nc1ccc(NCC2CCCO2)cc1. The molecular weight excluding hydrogens is 326 g/mol. The Morgan fingerprint density at radius 3 is 2.73 bits per heavy atom. The van der Waals surface area contributed by atoms with Crippen LogP contribution in [0.1, 0.15) is 18.4 Å². The van der Waals surface area contributed by atoms with Crippen LogP contribution in [0.3, 0.4) is 0 Å². The van der Waals surface area contributed by atoms with Crippen molar-refractivity contribution < 1.29 is 9.53 Å². The predicted octanol–water partition coefficient (Wildman–Crippen LogP) is 3.94. The van der Waals surface area contributed by atoms with Crippen LogP contribution in [0.25, 0.3) is 10.9 Å². The monoisotopic (exact) mass is 349 g/mol. The molecule has 5 heteroatoms. The number of carbonyl (C=O) groups excluding carboxylic acids is 1. The molecule has 1 saturated heterocycles. The van der Waals surface area contributed by atoms with Gasteiger partial charge in [0, 0.05) is 41.6 Å². The lowest BCUT2D eigenvalue weighted by atomic mass is 10.1.